The van der Waals surface area contributed by atoms with Crippen molar-refractivity contribution in [1.29, 1.82) is 0 Å². The number of hydrogen-bond donors (Lipinski definition) is 0. The maximum atomic E-state index is 6.12. The molecule has 0 aliphatic carbocycles. The van der Waals surface area contributed by atoms with Crippen LogP contribution < -0.4 is 9.47 Å². The standard InChI is InChI=1S/C21H22Br6O2/c22-10-14-6-18(26)7-15(11-23)20(14)28-4-2-1-3-5-29-21-16(12-24)8-19(27)9-17(21)13-25/h6-9H,1-5,10-13H2. The van der Waals surface area contributed by atoms with Crippen LogP contribution in [0, 0.1) is 0 Å². The molecule has 2 aromatic carbocycles. The number of alkyl halides is 4. The van der Waals surface area contributed by atoms with E-state index in [-0.39, 0.29) is 0 Å². The van der Waals surface area contributed by atoms with Crippen molar-refractivity contribution in [3.05, 3.63) is 55.5 Å². The molecule has 0 radical (unpaired) electrons. The Morgan fingerprint density at radius 2 is 0.828 bits per heavy atom. The summed E-state index contributed by atoms with van der Waals surface area (Å²) in [5.41, 5.74) is 4.66. The summed E-state index contributed by atoms with van der Waals surface area (Å²) < 4.78 is 14.4. The fourth-order valence-corrected chi connectivity index (χ4v) is 5.69. The zero-order chi connectivity index (χ0) is 21.2. The van der Waals surface area contributed by atoms with Gasteiger partial charge in [-0.15, -0.1) is 0 Å². The molecular formula is C21H22Br6O2. The first-order valence-corrected chi connectivity index (χ1v) is 15.2. The van der Waals surface area contributed by atoms with Gasteiger partial charge in [0.1, 0.15) is 11.5 Å². The Morgan fingerprint density at radius 3 is 1.10 bits per heavy atom. The zero-order valence-corrected chi connectivity index (χ0v) is 25.3. The van der Waals surface area contributed by atoms with Crippen molar-refractivity contribution >= 4 is 95.6 Å². The van der Waals surface area contributed by atoms with Crippen LogP contribution in [0.1, 0.15) is 41.5 Å². The number of hydrogen-bond acceptors (Lipinski definition) is 2. The van der Waals surface area contributed by atoms with Crippen LogP contribution in [0.2, 0.25) is 0 Å². The van der Waals surface area contributed by atoms with Crippen LogP contribution in [0.4, 0.5) is 0 Å². The maximum Gasteiger partial charge on any atom is 0.127 e. The summed E-state index contributed by atoms with van der Waals surface area (Å²) in [5, 5.41) is 3.09. The summed E-state index contributed by atoms with van der Waals surface area (Å²) in [6, 6.07) is 8.41. The van der Waals surface area contributed by atoms with Crippen LogP contribution in [0.5, 0.6) is 11.5 Å². The molecule has 0 N–H and O–H groups in total. The molecular weight excluding hydrogens is 764 g/mol. The normalized spacial score (nSPS) is 11.0. The van der Waals surface area contributed by atoms with Gasteiger partial charge in [-0.05, 0) is 43.5 Å². The molecule has 0 atom stereocenters. The highest BCUT2D eigenvalue weighted by molar-refractivity contribution is 9.11. The lowest BCUT2D eigenvalue weighted by molar-refractivity contribution is 0.275. The minimum atomic E-state index is 0.708. The molecule has 2 rings (SSSR count). The molecule has 8 heteroatoms. The van der Waals surface area contributed by atoms with E-state index in [1.54, 1.807) is 0 Å². The van der Waals surface area contributed by atoms with E-state index in [9.17, 15) is 0 Å². The van der Waals surface area contributed by atoms with Crippen molar-refractivity contribution in [3.8, 4) is 11.5 Å². The van der Waals surface area contributed by atoms with E-state index in [1.165, 1.54) is 0 Å². The first-order valence-electron chi connectivity index (χ1n) is 9.16. The summed E-state index contributed by atoms with van der Waals surface area (Å²) in [4.78, 5) is 0. The van der Waals surface area contributed by atoms with Gasteiger partial charge in [0.15, 0.2) is 0 Å². The van der Waals surface area contributed by atoms with E-state index in [0.29, 0.717) is 13.2 Å². The zero-order valence-electron chi connectivity index (χ0n) is 15.8. The molecule has 29 heavy (non-hydrogen) atoms. The predicted octanol–water partition coefficient (Wildman–Crippen LogP) is 9.42. The Hall–Kier alpha value is 0.920. The lowest BCUT2D eigenvalue weighted by Crippen LogP contribution is -2.05. The topological polar surface area (TPSA) is 18.5 Å². The van der Waals surface area contributed by atoms with Gasteiger partial charge in [-0.3, -0.25) is 0 Å². The van der Waals surface area contributed by atoms with Crippen LogP contribution in [0.15, 0.2) is 33.2 Å². The smallest absolute Gasteiger partial charge is 0.127 e. The Labute approximate surface area is 223 Å². The van der Waals surface area contributed by atoms with Crippen LogP contribution >= 0.6 is 95.6 Å². The third-order valence-electron chi connectivity index (χ3n) is 4.27. The molecule has 2 aromatic rings. The molecule has 0 aliphatic heterocycles. The summed E-state index contributed by atoms with van der Waals surface area (Å²) in [6.45, 7) is 1.42. The molecule has 160 valence electrons. The van der Waals surface area contributed by atoms with Gasteiger partial charge < -0.3 is 9.47 Å². The number of unbranched alkanes of at least 4 members (excludes halogenated alkanes) is 2. The van der Waals surface area contributed by atoms with Crippen LogP contribution in [0.25, 0.3) is 0 Å². The maximum absolute atomic E-state index is 6.12. The van der Waals surface area contributed by atoms with Gasteiger partial charge in [0.2, 0.25) is 0 Å². The number of rotatable bonds is 12. The molecule has 0 heterocycles. The Morgan fingerprint density at radius 1 is 0.517 bits per heavy atom. The molecule has 0 amide bonds. The number of benzene rings is 2. The van der Waals surface area contributed by atoms with Gasteiger partial charge in [-0.1, -0.05) is 95.6 Å². The van der Waals surface area contributed by atoms with Crippen molar-refractivity contribution < 1.29 is 9.47 Å². The molecule has 0 saturated carbocycles. The summed E-state index contributed by atoms with van der Waals surface area (Å²) in [5.74, 6) is 1.97. The van der Waals surface area contributed by atoms with E-state index in [2.05, 4.69) is 120 Å². The molecule has 2 nitrogen and oxygen atoms in total. The van der Waals surface area contributed by atoms with Gasteiger partial charge in [-0.25, -0.2) is 0 Å². The van der Waals surface area contributed by atoms with Gasteiger partial charge in [0.25, 0.3) is 0 Å². The fourth-order valence-electron chi connectivity index (χ4n) is 2.92. The predicted molar refractivity (Wildman–Crippen MR) is 144 cm³/mol. The van der Waals surface area contributed by atoms with Gasteiger partial charge in [0.05, 0.1) is 13.2 Å². The second-order valence-electron chi connectivity index (χ2n) is 6.40. The van der Waals surface area contributed by atoms with E-state index < -0.39 is 0 Å². The lowest BCUT2D eigenvalue weighted by atomic mass is 10.1. The van der Waals surface area contributed by atoms with Crippen molar-refractivity contribution in [2.75, 3.05) is 13.2 Å². The first kappa shape index (κ1) is 26.2. The largest absolute Gasteiger partial charge is 0.493 e. The van der Waals surface area contributed by atoms with Gasteiger partial charge in [0, 0.05) is 52.5 Å². The minimum absolute atomic E-state index is 0.708. The second-order valence-corrected chi connectivity index (χ2v) is 10.5. The highest BCUT2D eigenvalue weighted by Crippen LogP contribution is 2.33. The highest BCUT2D eigenvalue weighted by atomic mass is 79.9. The molecule has 0 unspecified atom stereocenters. The van der Waals surface area contributed by atoms with E-state index in [1.807, 2.05) is 0 Å². The summed E-state index contributed by atoms with van der Waals surface area (Å²) in [6.07, 6.45) is 3.06. The van der Waals surface area contributed by atoms with Gasteiger partial charge in [-0.2, -0.15) is 0 Å². The lowest BCUT2D eigenvalue weighted by Gasteiger charge is -2.16. The molecule has 0 aromatic heterocycles. The Balaban J connectivity index is 1.81. The fraction of sp³-hybridized carbons (Fsp3) is 0.429. The summed E-state index contributed by atoms with van der Waals surface area (Å²) >= 11 is 21.4. The Bertz CT molecular complexity index is 681. The third kappa shape index (κ3) is 8.08. The third-order valence-corrected chi connectivity index (χ3v) is 7.60. The average Bonchev–Trinajstić information content (AvgIpc) is 2.73. The molecule has 0 saturated heterocycles. The highest BCUT2D eigenvalue weighted by Gasteiger charge is 2.12. The average molecular weight is 786 g/mol. The summed E-state index contributed by atoms with van der Waals surface area (Å²) in [7, 11) is 0. The quantitative estimate of drug-likeness (QED) is 0.158. The van der Waals surface area contributed by atoms with E-state index in [0.717, 1.165) is 83.3 Å². The second kappa shape index (κ2) is 14.1. The van der Waals surface area contributed by atoms with Crippen LogP contribution in [0.3, 0.4) is 0 Å². The van der Waals surface area contributed by atoms with Crippen LogP contribution in [-0.2, 0) is 21.3 Å². The first-order chi connectivity index (χ1) is 14.0. The number of ether oxygens (including phenoxy) is 2. The van der Waals surface area contributed by atoms with Crippen molar-refractivity contribution in [2.24, 2.45) is 0 Å². The molecule has 0 fully saturated rings. The van der Waals surface area contributed by atoms with Crippen molar-refractivity contribution in [3.63, 3.8) is 0 Å². The Kier molecular flexibility index (Phi) is 12.8. The van der Waals surface area contributed by atoms with Crippen molar-refractivity contribution in [1.82, 2.24) is 0 Å². The molecule has 0 spiro atoms. The number of halogens is 6. The van der Waals surface area contributed by atoms with Crippen molar-refractivity contribution in [2.45, 2.75) is 40.6 Å². The minimum Gasteiger partial charge on any atom is -0.493 e. The monoisotopic (exact) mass is 780 g/mol. The SMILES string of the molecule is BrCc1cc(Br)cc(CBr)c1OCCCCCOc1c(CBr)cc(Br)cc1CBr. The molecule has 0 aliphatic rings. The van der Waals surface area contributed by atoms with E-state index >= 15 is 0 Å². The molecule has 0 bridgehead atoms. The van der Waals surface area contributed by atoms with Crippen LogP contribution in [-0.4, -0.2) is 13.2 Å². The van der Waals surface area contributed by atoms with Gasteiger partial charge >= 0.3 is 0 Å². The van der Waals surface area contributed by atoms with E-state index in [4.69, 9.17) is 9.47 Å².